The van der Waals surface area contributed by atoms with E-state index in [4.69, 9.17) is 0 Å². The molecule has 0 aliphatic carbocycles. The van der Waals surface area contributed by atoms with Crippen molar-refractivity contribution in [1.29, 1.82) is 0 Å². The maximum atomic E-state index is 10.5. The van der Waals surface area contributed by atoms with Crippen molar-refractivity contribution in [3.63, 3.8) is 0 Å². The largest absolute Gasteiger partial charge is 1.00 e. The van der Waals surface area contributed by atoms with Crippen molar-refractivity contribution in [2.45, 2.75) is 4.90 Å². The number of aromatic nitrogens is 1. The van der Waals surface area contributed by atoms with Gasteiger partial charge >= 0.3 is 59.1 Å². The quantitative estimate of drug-likeness (QED) is 0.379. The van der Waals surface area contributed by atoms with E-state index in [2.05, 4.69) is 4.98 Å². The average molecular weight is 247 g/mol. The van der Waals surface area contributed by atoms with Crippen LogP contribution in [0.15, 0.2) is 23.4 Å². The van der Waals surface area contributed by atoms with Crippen LogP contribution in [0.5, 0.6) is 0 Å². The van der Waals surface area contributed by atoms with Gasteiger partial charge in [0.05, 0.1) is 10.9 Å². The van der Waals surface area contributed by atoms with E-state index in [1.807, 2.05) is 0 Å². The maximum absolute atomic E-state index is 10.5. The minimum Gasteiger partial charge on any atom is -0.744 e. The number of rotatable bonds is 2. The molecule has 0 atom stereocenters. The van der Waals surface area contributed by atoms with E-state index in [0.717, 1.165) is 12.3 Å². The average Bonchev–Trinajstić information content (AvgIpc) is 2.03. The molecule has 1 rings (SSSR count). The molecular weight excluding hydrogens is 244 g/mol. The molecule has 0 aliphatic rings. The van der Waals surface area contributed by atoms with E-state index in [9.17, 15) is 22.9 Å². The Morgan fingerprint density at radius 1 is 1.33 bits per heavy atom. The van der Waals surface area contributed by atoms with Crippen LogP contribution in [0.1, 0.15) is 10.4 Å². The Labute approximate surface area is 130 Å². The molecule has 0 saturated carbocycles. The van der Waals surface area contributed by atoms with Crippen LogP contribution in [0, 0.1) is 0 Å². The predicted octanol–water partition coefficient (Wildman–Crippen LogP) is -7.64. The molecule has 70 valence electrons. The molecule has 9 heteroatoms. The van der Waals surface area contributed by atoms with E-state index in [1.54, 1.807) is 0 Å². The van der Waals surface area contributed by atoms with E-state index in [1.165, 1.54) is 0 Å². The third-order valence-corrected chi connectivity index (χ3v) is 2.14. The zero-order valence-electron chi connectivity index (χ0n) is 8.13. The number of hydrogen-bond acceptors (Lipinski definition) is 6. The van der Waals surface area contributed by atoms with Crippen molar-refractivity contribution in [1.82, 2.24) is 4.98 Å². The van der Waals surface area contributed by atoms with Gasteiger partial charge in [-0.1, -0.05) is 0 Å². The molecule has 1 aromatic rings. The second kappa shape index (κ2) is 6.97. The van der Waals surface area contributed by atoms with Gasteiger partial charge in [-0.2, -0.15) is 0 Å². The summed E-state index contributed by atoms with van der Waals surface area (Å²) >= 11 is 0. The molecule has 0 fully saturated rings. The first-order valence-corrected chi connectivity index (χ1v) is 4.45. The Hall–Kier alpha value is 0.530. The number of carboxylic acid groups (broad SMARTS) is 1. The van der Waals surface area contributed by atoms with Crippen LogP contribution in [-0.2, 0) is 10.1 Å². The van der Waals surface area contributed by atoms with Gasteiger partial charge in [0.25, 0.3) is 0 Å². The van der Waals surface area contributed by atoms with Gasteiger partial charge in [-0.05, 0) is 6.07 Å². The fourth-order valence-corrected chi connectivity index (χ4v) is 1.36. The number of carbonyl (C=O) groups is 1. The van der Waals surface area contributed by atoms with Crippen molar-refractivity contribution in [2.24, 2.45) is 0 Å². The SMILES string of the molecule is O=C([O-])c1ccncc1S(=O)(=O)[O-].[Na+].[Na+]. The first-order chi connectivity index (χ1) is 5.93. The summed E-state index contributed by atoms with van der Waals surface area (Å²) in [6.45, 7) is 0. The zero-order chi connectivity index (χ0) is 10.1. The molecule has 1 aromatic heterocycles. The summed E-state index contributed by atoms with van der Waals surface area (Å²) in [5.74, 6) is -1.73. The molecule has 0 N–H and O–H groups in total. The summed E-state index contributed by atoms with van der Waals surface area (Å²) < 4.78 is 31.4. The third-order valence-electron chi connectivity index (χ3n) is 1.27. The van der Waals surface area contributed by atoms with Gasteiger partial charge in [0.1, 0.15) is 10.1 Å². The Balaban J connectivity index is 0. The van der Waals surface area contributed by atoms with Gasteiger partial charge in [0.2, 0.25) is 0 Å². The molecule has 0 aromatic carbocycles. The Kier molecular flexibility index (Phi) is 8.33. The van der Waals surface area contributed by atoms with Crippen LogP contribution in [0.4, 0.5) is 0 Å². The molecule has 0 radical (unpaired) electrons. The number of carboxylic acids is 1. The molecule has 0 unspecified atom stereocenters. The molecular formula is C6H3NNa2O5S. The van der Waals surface area contributed by atoms with Crippen LogP contribution < -0.4 is 64.2 Å². The molecule has 1 heterocycles. The molecule has 0 amide bonds. The van der Waals surface area contributed by atoms with Crippen LogP contribution >= 0.6 is 0 Å². The van der Waals surface area contributed by atoms with Crippen molar-refractivity contribution < 1.29 is 82.0 Å². The summed E-state index contributed by atoms with van der Waals surface area (Å²) in [6.07, 6.45) is 1.73. The van der Waals surface area contributed by atoms with Crippen LogP contribution in [0.25, 0.3) is 0 Å². The predicted molar refractivity (Wildman–Crippen MR) is 36.5 cm³/mol. The van der Waals surface area contributed by atoms with Gasteiger partial charge in [0.15, 0.2) is 0 Å². The van der Waals surface area contributed by atoms with E-state index >= 15 is 0 Å². The van der Waals surface area contributed by atoms with Crippen molar-refractivity contribution in [3.8, 4) is 0 Å². The molecule has 15 heavy (non-hydrogen) atoms. The number of hydrogen-bond donors (Lipinski definition) is 0. The minimum atomic E-state index is -4.81. The summed E-state index contributed by atoms with van der Waals surface area (Å²) in [6, 6.07) is 0.889. The molecule has 0 saturated heterocycles. The number of nitrogens with zero attached hydrogens (tertiary/aromatic N) is 1. The van der Waals surface area contributed by atoms with Crippen LogP contribution in [-0.4, -0.2) is 23.9 Å². The summed E-state index contributed by atoms with van der Waals surface area (Å²) in [4.78, 5) is 12.8. The zero-order valence-corrected chi connectivity index (χ0v) is 12.9. The van der Waals surface area contributed by atoms with Crippen LogP contribution in [0.3, 0.4) is 0 Å². The molecule has 0 aliphatic heterocycles. The van der Waals surface area contributed by atoms with Crippen molar-refractivity contribution in [3.05, 3.63) is 24.0 Å². The summed E-state index contributed by atoms with van der Waals surface area (Å²) in [7, 11) is -4.81. The van der Waals surface area contributed by atoms with Crippen molar-refractivity contribution in [2.75, 3.05) is 0 Å². The van der Waals surface area contributed by atoms with Gasteiger partial charge < -0.3 is 14.5 Å². The molecule has 6 nitrogen and oxygen atoms in total. The van der Waals surface area contributed by atoms with Gasteiger partial charge in [-0.3, -0.25) is 4.98 Å². The third kappa shape index (κ3) is 4.92. The Bertz CT molecular complexity index is 447. The monoisotopic (exact) mass is 247 g/mol. The van der Waals surface area contributed by atoms with Gasteiger partial charge in [0, 0.05) is 18.0 Å². The first-order valence-electron chi connectivity index (χ1n) is 3.04. The normalized spacial score (nSPS) is 9.67. The fraction of sp³-hybridized carbons (Fsp3) is 0. The number of aromatic carboxylic acids is 1. The van der Waals surface area contributed by atoms with E-state index in [0.29, 0.717) is 6.20 Å². The van der Waals surface area contributed by atoms with Gasteiger partial charge in [-0.15, -0.1) is 0 Å². The van der Waals surface area contributed by atoms with Crippen molar-refractivity contribution >= 4 is 16.1 Å². The maximum Gasteiger partial charge on any atom is 1.00 e. The molecule has 0 spiro atoms. The number of pyridine rings is 1. The Morgan fingerprint density at radius 2 is 1.87 bits per heavy atom. The Morgan fingerprint density at radius 3 is 2.20 bits per heavy atom. The molecule has 0 bridgehead atoms. The first kappa shape index (κ1) is 17.9. The minimum absolute atomic E-state index is 0. The van der Waals surface area contributed by atoms with E-state index < -0.39 is 26.5 Å². The summed E-state index contributed by atoms with van der Waals surface area (Å²) in [5.41, 5.74) is -0.676. The second-order valence-electron chi connectivity index (χ2n) is 2.11. The second-order valence-corrected chi connectivity index (χ2v) is 3.46. The standard InChI is InChI=1S/C6H5NO5S.2Na/c8-6(9)4-1-2-7-3-5(4)13(10,11)12;;/h1-3H,(H,8,9)(H,10,11,12);;/q;2*+1/p-2. The number of carbonyl (C=O) groups excluding carboxylic acids is 1. The van der Waals surface area contributed by atoms with Crippen LogP contribution in [0.2, 0.25) is 0 Å². The fourth-order valence-electron chi connectivity index (χ4n) is 0.748. The topological polar surface area (TPSA) is 110 Å². The van der Waals surface area contributed by atoms with E-state index in [-0.39, 0.29) is 59.1 Å². The smallest absolute Gasteiger partial charge is 0.744 e. The van der Waals surface area contributed by atoms with Gasteiger partial charge in [-0.25, -0.2) is 8.42 Å². The summed E-state index contributed by atoms with van der Waals surface area (Å²) in [5, 5.41) is 10.3.